The number of aromatic nitrogens is 1. The molecule has 1 aromatic heterocycles. The van der Waals surface area contributed by atoms with E-state index in [1.54, 1.807) is 23.5 Å². The minimum atomic E-state index is 0.0246. The van der Waals surface area contributed by atoms with Crippen LogP contribution in [0.1, 0.15) is 24.6 Å². The highest BCUT2D eigenvalue weighted by molar-refractivity contribution is 7.07. The van der Waals surface area contributed by atoms with Gasteiger partial charge in [-0.15, -0.1) is 11.3 Å². The average molecular weight is 375 g/mol. The van der Waals surface area contributed by atoms with Gasteiger partial charge in [-0.2, -0.15) is 0 Å². The number of carbonyl (C=O) groups excluding carboxylic acids is 1. The Morgan fingerprint density at radius 2 is 2.00 bits per heavy atom. The van der Waals surface area contributed by atoms with Crippen LogP contribution in [0.15, 0.2) is 35.2 Å². The number of piperazine rings is 1. The monoisotopic (exact) mass is 374 g/mol. The molecule has 2 aromatic rings. The quantitative estimate of drug-likeness (QED) is 0.816. The van der Waals surface area contributed by atoms with Crippen molar-refractivity contribution in [2.24, 2.45) is 0 Å². The highest BCUT2D eigenvalue weighted by Crippen LogP contribution is 2.13. The highest BCUT2D eigenvalue weighted by atomic mass is 32.1. The number of phenolic OH excluding ortho intramolecular Hbond substituents is 1. The first-order valence-corrected chi connectivity index (χ1v) is 9.97. The van der Waals surface area contributed by atoms with E-state index in [9.17, 15) is 9.90 Å². The Labute approximate surface area is 158 Å². The van der Waals surface area contributed by atoms with Crippen molar-refractivity contribution >= 4 is 17.4 Å². The summed E-state index contributed by atoms with van der Waals surface area (Å²) in [4.78, 5) is 21.0. The van der Waals surface area contributed by atoms with Crippen LogP contribution in [0.5, 0.6) is 5.75 Å². The summed E-state index contributed by atoms with van der Waals surface area (Å²) >= 11 is 1.62. The van der Waals surface area contributed by atoms with Gasteiger partial charge in [0.15, 0.2) is 0 Å². The topological polar surface area (TPSA) is 68.7 Å². The smallest absolute Gasteiger partial charge is 0.317 e. The van der Waals surface area contributed by atoms with Crippen molar-refractivity contribution < 1.29 is 9.90 Å². The van der Waals surface area contributed by atoms with Gasteiger partial charge in [0.25, 0.3) is 0 Å². The molecule has 26 heavy (non-hydrogen) atoms. The van der Waals surface area contributed by atoms with Crippen LogP contribution in [-0.2, 0) is 13.0 Å². The SMILES string of the molecule is CC(CCc1ccc(O)cc1)NC(=O)N1CCN(Cc2cscn2)CC1. The number of urea groups is 1. The summed E-state index contributed by atoms with van der Waals surface area (Å²) in [5.41, 5.74) is 4.13. The molecule has 0 saturated carbocycles. The fourth-order valence-corrected chi connectivity index (χ4v) is 3.62. The van der Waals surface area contributed by atoms with E-state index in [0.29, 0.717) is 0 Å². The third-order valence-corrected chi connectivity index (χ3v) is 5.34. The van der Waals surface area contributed by atoms with Crippen LogP contribution in [0.25, 0.3) is 0 Å². The second-order valence-electron chi connectivity index (χ2n) is 6.80. The number of rotatable bonds is 6. The van der Waals surface area contributed by atoms with Gasteiger partial charge in [-0.1, -0.05) is 12.1 Å². The zero-order chi connectivity index (χ0) is 18.4. The van der Waals surface area contributed by atoms with Crippen molar-refractivity contribution in [2.75, 3.05) is 26.2 Å². The lowest BCUT2D eigenvalue weighted by Crippen LogP contribution is -2.52. The van der Waals surface area contributed by atoms with Gasteiger partial charge in [-0.25, -0.2) is 9.78 Å². The van der Waals surface area contributed by atoms with Crippen LogP contribution in [0.3, 0.4) is 0 Å². The zero-order valence-electron chi connectivity index (χ0n) is 15.1. The number of nitrogens with one attached hydrogen (secondary N) is 1. The lowest BCUT2D eigenvalue weighted by molar-refractivity contribution is 0.133. The minimum absolute atomic E-state index is 0.0246. The average Bonchev–Trinajstić information content (AvgIpc) is 3.15. The van der Waals surface area contributed by atoms with Crippen LogP contribution in [0.4, 0.5) is 4.79 Å². The van der Waals surface area contributed by atoms with Crippen LogP contribution >= 0.6 is 11.3 Å². The molecular formula is C19H26N4O2S. The number of amides is 2. The van der Waals surface area contributed by atoms with E-state index in [4.69, 9.17) is 0 Å². The molecule has 0 aliphatic carbocycles. The Kier molecular flexibility index (Phi) is 6.46. The van der Waals surface area contributed by atoms with E-state index in [0.717, 1.165) is 51.3 Å². The second kappa shape index (κ2) is 9.00. The lowest BCUT2D eigenvalue weighted by Gasteiger charge is -2.35. The van der Waals surface area contributed by atoms with Crippen LogP contribution in [-0.4, -0.2) is 58.1 Å². The Morgan fingerprint density at radius 1 is 1.27 bits per heavy atom. The molecule has 6 nitrogen and oxygen atoms in total. The minimum Gasteiger partial charge on any atom is -0.508 e. The third kappa shape index (κ3) is 5.44. The fraction of sp³-hybridized carbons (Fsp3) is 0.474. The summed E-state index contributed by atoms with van der Waals surface area (Å²) in [6.45, 7) is 6.17. The van der Waals surface area contributed by atoms with Crippen molar-refractivity contribution in [1.82, 2.24) is 20.1 Å². The zero-order valence-corrected chi connectivity index (χ0v) is 15.9. The highest BCUT2D eigenvalue weighted by Gasteiger charge is 2.22. The molecule has 1 aliphatic heterocycles. The molecule has 2 heterocycles. The number of hydrogen-bond acceptors (Lipinski definition) is 5. The predicted molar refractivity (Wildman–Crippen MR) is 103 cm³/mol. The molecule has 140 valence electrons. The Hall–Kier alpha value is -2.12. The number of benzene rings is 1. The van der Waals surface area contributed by atoms with Crippen molar-refractivity contribution in [1.29, 1.82) is 0 Å². The van der Waals surface area contributed by atoms with Gasteiger partial charge in [-0.05, 0) is 37.5 Å². The summed E-state index contributed by atoms with van der Waals surface area (Å²) in [6, 6.07) is 7.38. The first kappa shape index (κ1) is 18.7. The van der Waals surface area contributed by atoms with Gasteiger partial charge in [0.05, 0.1) is 11.2 Å². The molecule has 0 radical (unpaired) electrons. The molecule has 0 bridgehead atoms. The molecule has 7 heteroatoms. The van der Waals surface area contributed by atoms with E-state index in [1.165, 1.54) is 5.56 Å². The Bertz CT molecular complexity index is 682. The number of phenols is 1. The first-order chi connectivity index (χ1) is 12.6. The van der Waals surface area contributed by atoms with Crippen molar-refractivity contribution in [2.45, 2.75) is 32.4 Å². The summed E-state index contributed by atoms with van der Waals surface area (Å²) < 4.78 is 0. The molecule has 1 unspecified atom stereocenters. The normalized spacial score (nSPS) is 16.4. The summed E-state index contributed by atoms with van der Waals surface area (Å²) in [5.74, 6) is 0.282. The number of nitrogens with zero attached hydrogens (tertiary/aromatic N) is 3. The first-order valence-electron chi connectivity index (χ1n) is 9.03. The van der Waals surface area contributed by atoms with Gasteiger partial charge in [-0.3, -0.25) is 4.90 Å². The fourth-order valence-electron chi connectivity index (χ4n) is 3.07. The van der Waals surface area contributed by atoms with E-state index in [1.807, 2.05) is 29.5 Å². The lowest BCUT2D eigenvalue weighted by atomic mass is 10.1. The summed E-state index contributed by atoms with van der Waals surface area (Å²) in [6.07, 6.45) is 1.75. The maximum absolute atomic E-state index is 12.4. The molecule has 0 spiro atoms. The Balaban J connectivity index is 1.37. The number of carbonyl (C=O) groups is 1. The molecule has 1 aliphatic rings. The maximum Gasteiger partial charge on any atom is 0.317 e. The molecule has 3 rings (SSSR count). The van der Waals surface area contributed by atoms with E-state index >= 15 is 0 Å². The molecule has 1 aromatic carbocycles. The number of aromatic hydroxyl groups is 1. The van der Waals surface area contributed by atoms with E-state index in [2.05, 4.69) is 20.6 Å². The van der Waals surface area contributed by atoms with Gasteiger partial charge >= 0.3 is 6.03 Å². The summed E-state index contributed by atoms with van der Waals surface area (Å²) in [5, 5.41) is 14.5. The van der Waals surface area contributed by atoms with Gasteiger partial charge in [0.2, 0.25) is 0 Å². The second-order valence-corrected chi connectivity index (χ2v) is 7.52. The van der Waals surface area contributed by atoms with Crippen molar-refractivity contribution in [3.63, 3.8) is 0 Å². The molecule has 1 atom stereocenters. The standard InChI is InChI=1S/C19H26N4O2S/c1-15(2-3-16-4-6-18(24)7-5-16)21-19(25)23-10-8-22(9-11-23)12-17-13-26-14-20-17/h4-7,13-15,24H,2-3,8-12H2,1H3,(H,21,25). The third-order valence-electron chi connectivity index (χ3n) is 4.70. The number of thiazole rings is 1. The molecule has 1 fully saturated rings. The summed E-state index contributed by atoms with van der Waals surface area (Å²) in [7, 11) is 0. The molecule has 1 saturated heterocycles. The predicted octanol–water partition coefficient (Wildman–Crippen LogP) is 2.70. The van der Waals surface area contributed by atoms with Crippen LogP contribution in [0.2, 0.25) is 0 Å². The van der Waals surface area contributed by atoms with E-state index in [-0.39, 0.29) is 17.8 Å². The Morgan fingerprint density at radius 3 is 2.65 bits per heavy atom. The maximum atomic E-state index is 12.4. The molecule has 2 amide bonds. The molecule has 2 N–H and O–H groups in total. The number of aryl methyl sites for hydroxylation is 1. The largest absolute Gasteiger partial charge is 0.508 e. The number of hydrogen-bond donors (Lipinski definition) is 2. The van der Waals surface area contributed by atoms with Gasteiger partial charge < -0.3 is 15.3 Å². The van der Waals surface area contributed by atoms with E-state index < -0.39 is 0 Å². The van der Waals surface area contributed by atoms with Crippen molar-refractivity contribution in [3.05, 3.63) is 46.4 Å². The van der Waals surface area contributed by atoms with Gasteiger partial charge in [0, 0.05) is 44.1 Å². The van der Waals surface area contributed by atoms with Crippen molar-refractivity contribution in [3.8, 4) is 5.75 Å². The van der Waals surface area contributed by atoms with Gasteiger partial charge in [0.1, 0.15) is 5.75 Å². The van der Waals surface area contributed by atoms with Crippen LogP contribution in [0, 0.1) is 0 Å². The van der Waals surface area contributed by atoms with Crippen LogP contribution < -0.4 is 5.32 Å². The molecular weight excluding hydrogens is 348 g/mol.